The van der Waals surface area contributed by atoms with Gasteiger partial charge in [-0.2, -0.15) is 0 Å². The molecule has 0 saturated carbocycles. The molecule has 0 aliphatic heterocycles. The minimum absolute atomic E-state index is 0.0439. The minimum Gasteiger partial charge on any atom is -0.460 e. The Balaban J connectivity index is 1.64. The Bertz CT molecular complexity index is 1380. The lowest BCUT2D eigenvalue weighted by atomic mass is 9.81. The van der Waals surface area contributed by atoms with Crippen LogP contribution in [0.15, 0.2) is 132 Å². The van der Waals surface area contributed by atoms with E-state index in [1.807, 2.05) is 91.9 Å². The van der Waals surface area contributed by atoms with E-state index in [1.54, 1.807) is 32.1 Å². The molecule has 0 heterocycles. The predicted molar refractivity (Wildman–Crippen MR) is 151 cm³/mol. The van der Waals surface area contributed by atoms with Crippen LogP contribution >= 0.6 is 0 Å². The van der Waals surface area contributed by atoms with Crippen molar-refractivity contribution >= 4 is 11.9 Å². The number of carbonyl (C=O) groups excluding carboxylic acids is 2. The lowest BCUT2D eigenvalue weighted by molar-refractivity contribution is -0.152. The molecule has 0 N–H and O–H groups in total. The average molecular weight is 525 g/mol. The zero-order chi connectivity index (χ0) is 27.9. The second-order valence-corrected chi connectivity index (χ2v) is 10.3. The maximum atomic E-state index is 14.8. The van der Waals surface area contributed by atoms with Crippen molar-refractivity contribution in [1.29, 1.82) is 0 Å². The Kier molecular flexibility index (Phi) is 8.60. The Morgan fingerprint density at radius 1 is 0.718 bits per heavy atom. The maximum Gasteiger partial charge on any atom is 0.320 e. The molecule has 200 valence electrons. The van der Waals surface area contributed by atoms with E-state index in [4.69, 9.17) is 9.47 Å². The number of rotatable bonds is 7. The van der Waals surface area contributed by atoms with Gasteiger partial charge in [0, 0.05) is 0 Å². The van der Waals surface area contributed by atoms with Gasteiger partial charge >= 0.3 is 11.9 Å². The van der Waals surface area contributed by atoms with Crippen molar-refractivity contribution in [3.05, 3.63) is 143 Å². The van der Waals surface area contributed by atoms with Gasteiger partial charge in [-0.05, 0) is 54.2 Å². The number of hydrogen-bond donors (Lipinski definition) is 0. The van der Waals surface area contributed by atoms with Crippen molar-refractivity contribution in [3.63, 3.8) is 0 Å². The first-order valence-corrected chi connectivity index (χ1v) is 13.0. The summed E-state index contributed by atoms with van der Waals surface area (Å²) in [6, 6.07) is 18.8. The molecule has 2 aromatic rings. The molecule has 0 spiro atoms. The van der Waals surface area contributed by atoms with Crippen molar-refractivity contribution in [3.8, 4) is 0 Å². The number of benzene rings is 2. The van der Waals surface area contributed by atoms with E-state index in [0.29, 0.717) is 11.1 Å². The lowest BCUT2D eigenvalue weighted by Crippen LogP contribution is -2.28. The largest absolute Gasteiger partial charge is 0.460 e. The summed E-state index contributed by atoms with van der Waals surface area (Å²) < 4.78 is 26.0. The molecule has 0 radical (unpaired) electrons. The molecule has 4 nitrogen and oxygen atoms in total. The van der Waals surface area contributed by atoms with Crippen LogP contribution in [-0.2, 0) is 32.3 Å². The average Bonchev–Trinajstić information content (AvgIpc) is 3.09. The lowest BCUT2D eigenvalue weighted by Gasteiger charge is -2.25. The van der Waals surface area contributed by atoms with Crippen molar-refractivity contribution < 1.29 is 23.5 Å². The van der Waals surface area contributed by atoms with Crippen LogP contribution in [0.3, 0.4) is 0 Å². The summed E-state index contributed by atoms with van der Waals surface area (Å²) in [6.07, 6.45) is 15.4. The third-order valence-corrected chi connectivity index (χ3v) is 6.73. The molecule has 2 aromatic carbocycles. The number of allylic oxidation sites excluding steroid dienone is 8. The van der Waals surface area contributed by atoms with Crippen LogP contribution in [0.4, 0.5) is 4.39 Å². The van der Waals surface area contributed by atoms with Crippen LogP contribution in [0.2, 0.25) is 0 Å². The molecule has 0 fully saturated rings. The molecule has 39 heavy (non-hydrogen) atoms. The summed E-state index contributed by atoms with van der Waals surface area (Å²) in [5, 5.41) is 0. The summed E-state index contributed by atoms with van der Waals surface area (Å²) in [7, 11) is 0. The Morgan fingerprint density at radius 3 is 1.82 bits per heavy atom. The smallest absolute Gasteiger partial charge is 0.320 e. The van der Waals surface area contributed by atoms with Crippen LogP contribution in [0.25, 0.3) is 0 Å². The van der Waals surface area contributed by atoms with Gasteiger partial charge < -0.3 is 9.47 Å². The highest BCUT2D eigenvalue weighted by atomic mass is 19.1. The highest BCUT2D eigenvalue weighted by Gasteiger charge is 2.35. The monoisotopic (exact) mass is 524 g/mol. The Labute approximate surface area is 229 Å². The fourth-order valence-electron chi connectivity index (χ4n) is 4.37. The van der Waals surface area contributed by atoms with Crippen LogP contribution in [0.1, 0.15) is 31.9 Å². The number of halogens is 1. The fraction of sp³-hybridized carbons (Fsp3) is 0.235. The van der Waals surface area contributed by atoms with Gasteiger partial charge in [0.1, 0.15) is 29.9 Å². The fourth-order valence-corrected chi connectivity index (χ4v) is 4.37. The molecule has 0 aromatic heterocycles. The maximum absolute atomic E-state index is 14.8. The van der Waals surface area contributed by atoms with E-state index in [2.05, 4.69) is 0 Å². The highest BCUT2D eigenvalue weighted by Crippen LogP contribution is 2.36. The number of hydrogen-bond acceptors (Lipinski definition) is 4. The third-order valence-electron chi connectivity index (χ3n) is 6.73. The summed E-state index contributed by atoms with van der Waals surface area (Å²) in [5.74, 6) is -1.48. The zero-order valence-corrected chi connectivity index (χ0v) is 22.5. The molecule has 2 aliphatic rings. The van der Waals surface area contributed by atoms with Crippen LogP contribution < -0.4 is 0 Å². The van der Waals surface area contributed by atoms with Crippen molar-refractivity contribution in [2.45, 2.75) is 34.0 Å². The van der Waals surface area contributed by atoms with E-state index in [9.17, 15) is 14.0 Å². The Hall–Kier alpha value is -4.25. The molecule has 2 unspecified atom stereocenters. The number of esters is 2. The molecule has 0 saturated heterocycles. The summed E-state index contributed by atoms with van der Waals surface area (Å²) in [5.41, 5.74) is 0.556. The third kappa shape index (κ3) is 7.20. The van der Waals surface area contributed by atoms with Gasteiger partial charge in [0.15, 0.2) is 0 Å². The van der Waals surface area contributed by atoms with Gasteiger partial charge in [0.2, 0.25) is 0 Å². The standard InChI is InChI=1S/C34H33FO4/c1-25-14-15-28(20-33(2,19-18-25)31(36)38-23-26-10-6-4-7-11-26)29-16-17-30(35)22-34(3,21-29)32(37)39-24-27-12-8-5-9-13-27/h4-22,25H,23-24H2,1-3H3/b15-14-,19-18?,28-20+/t25-,33?,34?/m0/s1. The molecule has 0 amide bonds. The van der Waals surface area contributed by atoms with Crippen molar-refractivity contribution in [1.82, 2.24) is 0 Å². The first-order valence-electron chi connectivity index (χ1n) is 13.0. The minimum atomic E-state index is -1.36. The zero-order valence-electron chi connectivity index (χ0n) is 22.5. The van der Waals surface area contributed by atoms with Gasteiger partial charge in [-0.1, -0.05) is 110 Å². The number of carbonyl (C=O) groups is 2. The van der Waals surface area contributed by atoms with Gasteiger partial charge in [-0.25, -0.2) is 4.39 Å². The van der Waals surface area contributed by atoms with Gasteiger partial charge in [0.25, 0.3) is 0 Å². The second-order valence-electron chi connectivity index (χ2n) is 10.3. The van der Waals surface area contributed by atoms with Gasteiger partial charge in [-0.3, -0.25) is 9.59 Å². The number of ether oxygens (including phenoxy) is 2. The molecule has 3 atom stereocenters. The van der Waals surface area contributed by atoms with Crippen LogP contribution in [0.5, 0.6) is 0 Å². The SMILES string of the molecule is C[C@@H]1C=CC(C)(C(=O)OCc2ccccc2)/C=C(C2=CC(C)(C(=O)OCc3ccccc3)C=C(F)C=C2)\C=C/1. The first-order chi connectivity index (χ1) is 18.7. The molecule has 2 aliphatic carbocycles. The molecule has 0 bridgehead atoms. The normalized spacial score (nSPS) is 26.6. The van der Waals surface area contributed by atoms with E-state index in [0.717, 1.165) is 11.1 Å². The van der Waals surface area contributed by atoms with Crippen LogP contribution in [-0.4, -0.2) is 11.9 Å². The van der Waals surface area contributed by atoms with E-state index >= 15 is 0 Å². The summed E-state index contributed by atoms with van der Waals surface area (Å²) in [6.45, 7) is 5.65. The summed E-state index contributed by atoms with van der Waals surface area (Å²) in [4.78, 5) is 26.6. The van der Waals surface area contributed by atoms with Crippen molar-refractivity contribution in [2.24, 2.45) is 16.7 Å². The van der Waals surface area contributed by atoms with Gasteiger partial charge in [-0.15, -0.1) is 0 Å². The molecule has 4 rings (SSSR count). The first kappa shape index (κ1) is 27.8. The molecule has 5 heteroatoms. The van der Waals surface area contributed by atoms with Crippen molar-refractivity contribution in [2.75, 3.05) is 0 Å². The van der Waals surface area contributed by atoms with Gasteiger partial charge in [0.05, 0.1) is 0 Å². The molecular formula is C34H33FO4. The quantitative estimate of drug-likeness (QED) is 0.278. The van der Waals surface area contributed by atoms with Crippen LogP contribution in [0, 0.1) is 16.7 Å². The topological polar surface area (TPSA) is 52.6 Å². The van der Waals surface area contributed by atoms with E-state index in [1.165, 1.54) is 12.2 Å². The predicted octanol–water partition coefficient (Wildman–Crippen LogP) is 7.52. The highest BCUT2D eigenvalue weighted by molar-refractivity contribution is 5.84. The summed E-state index contributed by atoms with van der Waals surface area (Å²) >= 11 is 0. The molecular weight excluding hydrogens is 491 g/mol. The Morgan fingerprint density at radius 2 is 1.23 bits per heavy atom. The van der Waals surface area contributed by atoms with E-state index < -0.39 is 28.6 Å². The second kappa shape index (κ2) is 12.1. The van der Waals surface area contributed by atoms with E-state index in [-0.39, 0.29) is 19.1 Å².